The Hall–Kier alpha value is -0.246. The molecule has 1 heterocycles. The van der Waals surface area contributed by atoms with E-state index in [1.165, 1.54) is 19.3 Å². The van der Waals surface area contributed by atoms with Crippen LogP contribution in [0.5, 0.6) is 0 Å². The van der Waals surface area contributed by atoms with Gasteiger partial charge in [0.05, 0.1) is 19.6 Å². The molecule has 0 aliphatic carbocycles. The van der Waals surface area contributed by atoms with Crippen molar-refractivity contribution >= 4 is 11.6 Å². The van der Waals surface area contributed by atoms with Crippen molar-refractivity contribution in [2.75, 3.05) is 25.0 Å². The number of likely N-dealkylation sites (N-methyl/N-ethyl adjacent to an activating group) is 1. The summed E-state index contributed by atoms with van der Waals surface area (Å²) < 4.78 is 0.966. The second-order valence-electron chi connectivity index (χ2n) is 6.72. The van der Waals surface area contributed by atoms with E-state index in [0.717, 1.165) is 47.4 Å². The van der Waals surface area contributed by atoms with E-state index in [1.807, 2.05) is 6.07 Å². The summed E-state index contributed by atoms with van der Waals surface area (Å²) in [5.74, 6) is 0.198. The Morgan fingerprint density at radius 2 is 1.70 bits per heavy atom. The van der Waals surface area contributed by atoms with Gasteiger partial charge in [-0.2, -0.15) is 0 Å². The van der Waals surface area contributed by atoms with E-state index in [2.05, 4.69) is 45.1 Å². The maximum Gasteiger partial charge on any atom is 0.282 e. The molecule has 1 aromatic rings. The first-order chi connectivity index (χ1) is 10.5. The van der Waals surface area contributed by atoms with Gasteiger partial charge in [0.25, 0.3) is 5.91 Å². The SMILES string of the molecule is CCC(C(=O)Nc1c(C)cccc1C)[N+]1(CC)CCCCC1.[Y]. The van der Waals surface area contributed by atoms with Crippen LogP contribution in [0, 0.1) is 13.8 Å². The van der Waals surface area contributed by atoms with Crippen molar-refractivity contribution in [3.8, 4) is 0 Å². The minimum atomic E-state index is 0. The second kappa shape index (κ2) is 9.29. The van der Waals surface area contributed by atoms with Gasteiger partial charge >= 0.3 is 0 Å². The van der Waals surface area contributed by atoms with E-state index in [1.54, 1.807) is 0 Å². The van der Waals surface area contributed by atoms with Gasteiger partial charge in [0.1, 0.15) is 0 Å². The number of hydrogen-bond donors (Lipinski definition) is 1. The van der Waals surface area contributed by atoms with Crippen LogP contribution in [-0.2, 0) is 37.5 Å². The number of likely N-dealkylation sites (tertiary alicyclic amines) is 1. The Morgan fingerprint density at radius 1 is 1.13 bits per heavy atom. The molecule has 23 heavy (non-hydrogen) atoms. The number of amides is 1. The average Bonchev–Trinajstić information content (AvgIpc) is 2.52. The van der Waals surface area contributed by atoms with E-state index >= 15 is 0 Å². The molecule has 0 saturated carbocycles. The van der Waals surface area contributed by atoms with Crippen molar-refractivity contribution in [1.29, 1.82) is 0 Å². The maximum absolute atomic E-state index is 13.0. The van der Waals surface area contributed by atoms with Gasteiger partial charge in [0, 0.05) is 44.8 Å². The standard InChI is InChI=1S/C19H30N2O.Y/c1-5-17(21(6-2)13-8-7-9-14-21)19(22)20-18-15(3)11-10-12-16(18)4;/h10-12,17H,5-9,13-14H2,1-4H3;/p+1. The summed E-state index contributed by atoms with van der Waals surface area (Å²) in [5, 5.41) is 3.23. The summed E-state index contributed by atoms with van der Waals surface area (Å²) in [4.78, 5) is 13.0. The molecule has 3 nitrogen and oxygen atoms in total. The smallest absolute Gasteiger partial charge is 0.282 e. The number of nitrogens with zero attached hydrogens (tertiary/aromatic N) is 1. The third kappa shape index (κ3) is 4.64. The van der Waals surface area contributed by atoms with Crippen LogP contribution in [-0.4, -0.2) is 36.1 Å². The zero-order valence-corrected chi connectivity index (χ0v) is 18.0. The number of carbonyl (C=O) groups is 1. The number of aryl methyl sites for hydroxylation is 2. The second-order valence-corrected chi connectivity index (χ2v) is 6.72. The summed E-state index contributed by atoms with van der Waals surface area (Å²) in [6, 6.07) is 6.25. The molecule has 1 amide bonds. The molecule has 0 aromatic heterocycles. The van der Waals surface area contributed by atoms with E-state index in [-0.39, 0.29) is 44.7 Å². The van der Waals surface area contributed by atoms with Crippen molar-refractivity contribution in [2.24, 2.45) is 0 Å². The Morgan fingerprint density at radius 3 is 2.17 bits per heavy atom. The number of piperidine rings is 1. The van der Waals surface area contributed by atoms with Crippen molar-refractivity contribution in [3.05, 3.63) is 29.3 Å². The van der Waals surface area contributed by atoms with Crippen LogP contribution in [0.1, 0.15) is 50.7 Å². The molecule has 1 radical (unpaired) electrons. The molecule has 1 unspecified atom stereocenters. The number of benzene rings is 1. The molecule has 4 heteroatoms. The Labute approximate surface area is 166 Å². The average molecular weight is 392 g/mol. The van der Waals surface area contributed by atoms with Crippen LogP contribution in [0.2, 0.25) is 0 Å². The van der Waals surface area contributed by atoms with Crippen LogP contribution in [0.15, 0.2) is 18.2 Å². The minimum absolute atomic E-state index is 0. The Balaban J connectivity index is 0.00000264. The van der Waals surface area contributed by atoms with Crippen molar-refractivity contribution in [1.82, 2.24) is 0 Å². The molecule has 0 spiro atoms. The molecule has 1 fully saturated rings. The summed E-state index contributed by atoms with van der Waals surface area (Å²) >= 11 is 0. The molecule has 1 aliphatic heterocycles. The molecule has 1 aliphatic rings. The van der Waals surface area contributed by atoms with Gasteiger partial charge in [-0.25, -0.2) is 0 Å². The summed E-state index contributed by atoms with van der Waals surface area (Å²) in [7, 11) is 0. The molecule has 1 N–H and O–H groups in total. The third-order valence-electron chi connectivity index (χ3n) is 5.42. The Kier molecular flexibility index (Phi) is 8.40. The van der Waals surface area contributed by atoms with Gasteiger partial charge in [-0.15, -0.1) is 0 Å². The first-order valence-electron chi connectivity index (χ1n) is 8.77. The van der Waals surface area contributed by atoms with E-state index in [9.17, 15) is 4.79 Å². The summed E-state index contributed by atoms with van der Waals surface area (Å²) in [5.41, 5.74) is 3.28. The fraction of sp³-hybridized carbons (Fsp3) is 0.632. The van der Waals surface area contributed by atoms with Crippen LogP contribution >= 0.6 is 0 Å². The predicted molar refractivity (Wildman–Crippen MR) is 93.0 cm³/mol. The molecule has 0 bridgehead atoms. The van der Waals surface area contributed by atoms with Crippen molar-refractivity contribution in [3.63, 3.8) is 0 Å². The number of hydrogen-bond acceptors (Lipinski definition) is 1. The summed E-state index contributed by atoms with van der Waals surface area (Å²) in [6.45, 7) is 11.9. The molecular formula is C19H31N2OY+. The fourth-order valence-corrected chi connectivity index (χ4v) is 4.03. The summed E-state index contributed by atoms with van der Waals surface area (Å²) in [6.07, 6.45) is 4.72. The zero-order chi connectivity index (χ0) is 16.2. The minimum Gasteiger partial charge on any atom is -0.320 e. The van der Waals surface area contributed by atoms with Crippen molar-refractivity contribution in [2.45, 2.75) is 59.4 Å². The van der Waals surface area contributed by atoms with E-state index in [4.69, 9.17) is 0 Å². The van der Waals surface area contributed by atoms with Gasteiger partial charge in [-0.1, -0.05) is 25.1 Å². The predicted octanol–water partition coefficient (Wildman–Crippen LogP) is 4.04. The number of para-hydroxylation sites is 1. The van der Waals surface area contributed by atoms with Gasteiger partial charge in [-0.3, -0.25) is 4.79 Å². The largest absolute Gasteiger partial charge is 0.320 e. The van der Waals surface area contributed by atoms with Crippen molar-refractivity contribution < 1.29 is 42.0 Å². The number of nitrogens with one attached hydrogen (secondary N) is 1. The van der Waals surface area contributed by atoms with Gasteiger partial charge in [0.15, 0.2) is 6.04 Å². The molecule has 1 atom stereocenters. The maximum atomic E-state index is 13.0. The van der Waals surface area contributed by atoms with Crippen LogP contribution < -0.4 is 5.32 Å². The molecule has 2 rings (SSSR count). The first-order valence-corrected chi connectivity index (χ1v) is 8.77. The first kappa shape index (κ1) is 20.8. The van der Waals surface area contributed by atoms with Crippen LogP contribution in [0.3, 0.4) is 0 Å². The molecular weight excluding hydrogens is 361 g/mol. The number of anilines is 1. The zero-order valence-electron chi connectivity index (χ0n) is 15.2. The van der Waals surface area contributed by atoms with Gasteiger partial charge in [0.2, 0.25) is 0 Å². The number of carbonyl (C=O) groups excluding carboxylic acids is 1. The normalized spacial score (nSPS) is 17.9. The number of rotatable bonds is 5. The molecule has 125 valence electrons. The quantitative estimate of drug-likeness (QED) is 0.753. The monoisotopic (exact) mass is 392 g/mol. The van der Waals surface area contributed by atoms with Crippen LogP contribution in [0.4, 0.5) is 5.69 Å². The van der Waals surface area contributed by atoms with E-state index in [0.29, 0.717) is 0 Å². The van der Waals surface area contributed by atoms with Crippen LogP contribution in [0.25, 0.3) is 0 Å². The fourth-order valence-electron chi connectivity index (χ4n) is 4.03. The topological polar surface area (TPSA) is 29.1 Å². The molecule has 1 aromatic carbocycles. The van der Waals surface area contributed by atoms with Gasteiger partial charge in [-0.05, 0) is 51.2 Å². The van der Waals surface area contributed by atoms with Gasteiger partial charge < -0.3 is 9.80 Å². The van der Waals surface area contributed by atoms with E-state index < -0.39 is 0 Å². The number of quaternary nitrogens is 1. The Bertz CT molecular complexity index is 504. The third-order valence-corrected chi connectivity index (χ3v) is 5.42. The molecule has 1 saturated heterocycles.